The summed E-state index contributed by atoms with van der Waals surface area (Å²) in [4.78, 5) is 11.2. The van der Waals surface area contributed by atoms with Crippen LogP contribution in [0.3, 0.4) is 0 Å². The van der Waals surface area contributed by atoms with E-state index in [1.54, 1.807) is 6.20 Å². The smallest absolute Gasteiger partial charge is 0.360 e. The summed E-state index contributed by atoms with van der Waals surface area (Å²) in [6, 6.07) is 9.38. The second kappa shape index (κ2) is 7.47. The molecule has 0 aliphatic heterocycles. The largest absolute Gasteiger partial charge is 0.489 e. The van der Waals surface area contributed by atoms with Crippen molar-refractivity contribution in [2.24, 2.45) is 0 Å². The quantitative estimate of drug-likeness (QED) is 0.755. The molecule has 1 heterocycles. The lowest BCUT2D eigenvalue weighted by Crippen LogP contribution is -2.04. The molecule has 0 amide bonds. The van der Waals surface area contributed by atoms with Gasteiger partial charge < -0.3 is 9.84 Å². The Morgan fingerprint density at radius 2 is 2.00 bits per heavy atom. The van der Waals surface area contributed by atoms with Crippen LogP contribution < -0.4 is 4.74 Å². The second-order valence-corrected chi connectivity index (χ2v) is 4.84. The number of aromatic carboxylic acids is 1. The molecule has 0 saturated heterocycles. The fraction of sp³-hybridized carbons (Fsp3) is 0.375. The Kier molecular flexibility index (Phi) is 5.37. The lowest BCUT2D eigenvalue weighted by Gasteiger charge is -2.03. The number of ether oxygens (including phenoxy) is 1. The van der Waals surface area contributed by atoms with Crippen molar-refractivity contribution >= 4 is 5.97 Å². The van der Waals surface area contributed by atoms with Crippen LogP contribution in [0.2, 0.25) is 0 Å². The molecule has 0 aliphatic carbocycles. The molecule has 1 aromatic carbocycles. The highest BCUT2D eigenvalue weighted by atomic mass is 16.5. The molecule has 1 aromatic heterocycles. The average molecular weight is 288 g/mol. The zero-order chi connectivity index (χ0) is 15.1. The van der Waals surface area contributed by atoms with Crippen LogP contribution in [0.1, 0.15) is 43.1 Å². The summed E-state index contributed by atoms with van der Waals surface area (Å²) in [6.45, 7) is 2.66. The molecule has 0 atom stereocenters. The van der Waals surface area contributed by atoms with E-state index < -0.39 is 5.97 Å². The standard InChI is InChI=1S/C16H20N2O3/c1-2-3-4-8-11-21-14-12-18(17-15(14)16(19)20)13-9-6-5-7-10-13/h5-7,9-10,12H,2-4,8,11H2,1H3,(H,19,20). The number of benzene rings is 1. The summed E-state index contributed by atoms with van der Waals surface area (Å²) >= 11 is 0. The number of carboxylic acids is 1. The number of carbonyl (C=O) groups is 1. The predicted molar refractivity (Wildman–Crippen MR) is 80.2 cm³/mol. The number of carboxylic acid groups (broad SMARTS) is 1. The van der Waals surface area contributed by atoms with Crippen molar-refractivity contribution in [2.45, 2.75) is 32.6 Å². The van der Waals surface area contributed by atoms with E-state index in [1.807, 2.05) is 30.3 Å². The molecule has 5 heteroatoms. The third kappa shape index (κ3) is 4.08. The van der Waals surface area contributed by atoms with Gasteiger partial charge >= 0.3 is 5.97 Å². The van der Waals surface area contributed by atoms with E-state index in [-0.39, 0.29) is 5.69 Å². The van der Waals surface area contributed by atoms with Gasteiger partial charge in [-0.1, -0.05) is 44.4 Å². The molecule has 0 radical (unpaired) electrons. The highest BCUT2D eigenvalue weighted by molar-refractivity contribution is 5.88. The van der Waals surface area contributed by atoms with Gasteiger partial charge in [-0.05, 0) is 18.6 Å². The Bertz CT molecular complexity index is 578. The van der Waals surface area contributed by atoms with Crippen LogP contribution in [-0.2, 0) is 0 Å². The molecule has 0 aliphatic rings. The van der Waals surface area contributed by atoms with Gasteiger partial charge in [0, 0.05) is 0 Å². The Hall–Kier alpha value is -2.30. The molecule has 0 bridgehead atoms. The summed E-state index contributed by atoms with van der Waals surface area (Å²) in [5, 5.41) is 13.3. The van der Waals surface area contributed by atoms with Gasteiger partial charge in [0.1, 0.15) is 0 Å². The summed E-state index contributed by atoms with van der Waals surface area (Å²) in [7, 11) is 0. The van der Waals surface area contributed by atoms with E-state index in [0.29, 0.717) is 12.4 Å². The number of rotatable bonds is 8. The minimum Gasteiger partial charge on any atom is -0.489 e. The maximum Gasteiger partial charge on any atom is 0.360 e. The van der Waals surface area contributed by atoms with Gasteiger partial charge in [-0.3, -0.25) is 0 Å². The fourth-order valence-corrected chi connectivity index (χ4v) is 2.04. The Morgan fingerprint density at radius 1 is 1.24 bits per heavy atom. The molecule has 0 fully saturated rings. The van der Waals surface area contributed by atoms with Crippen LogP contribution in [0.15, 0.2) is 36.5 Å². The van der Waals surface area contributed by atoms with Gasteiger partial charge in [0.05, 0.1) is 18.5 Å². The van der Waals surface area contributed by atoms with Crippen LogP contribution in [-0.4, -0.2) is 27.5 Å². The van der Waals surface area contributed by atoms with E-state index in [4.69, 9.17) is 4.74 Å². The molecule has 0 saturated carbocycles. The monoisotopic (exact) mass is 288 g/mol. The normalized spacial score (nSPS) is 10.5. The van der Waals surface area contributed by atoms with Gasteiger partial charge in [-0.25, -0.2) is 9.48 Å². The first kappa shape index (κ1) is 15.1. The maximum atomic E-state index is 11.2. The Labute approximate surface area is 124 Å². The SMILES string of the molecule is CCCCCCOc1cn(-c2ccccc2)nc1C(=O)O. The molecule has 0 unspecified atom stereocenters. The lowest BCUT2D eigenvalue weighted by molar-refractivity contribution is 0.0685. The Balaban J connectivity index is 2.09. The molecule has 112 valence electrons. The van der Waals surface area contributed by atoms with Gasteiger partial charge in [-0.15, -0.1) is 0 Å². The van der Waals surface area contributed by atoms with Crippen molar-refractivity contribution in [1.82, 2.24) is 9.78 Å². The van der Waals surface area contributed by atoms with Crippen LogP contribution >= 0.6 is 0 Å². The van der Waals surface area contributed by atoms with Crippen LogP contribution in [0.25, 0.3) is 5.69 Å². The molecular weight excluding hydrogens is 268 g/mol. The van der Waals surface area contributed by atoms with Gasteiger partial charge in [-0.2, -0.15) is 5.10 Å². The van der Waals surface area contributed by atoms with Gasteiger partial charge in [0.25, 0.3) is 0 Å². The van der Waals surface area contributed by atoms with Crippen molar-refractivity contribution in [3.63, 3.8) is 0 Å². The fourth-order valence-electron chi connectivity index (χ4n) is 2.04. The van der Waals surface area contributed by atoms with Gasteiger partial charge in [0.2, 0.25) is 5.69 Å². The van der Waals surface area contributed by atoms with E-state index in [9.17, 15) is 9.90 Å². The molecule has 2 aromatic rings. The average Bonchev–Trinajstić information content (AvgIpc) is 2.92. The zero-order valence-corrected chi connectivity index (χ0v) is 12.2. The lowest BCUT2D eigenvalue weighted by atomic mass is 10.2. The van der Waals surface area contributed by atoms with Crippen LogP contribution in [0, 0.1) is 0 Å². The minimum atomic E-state index is -1.08. The van der Waals surface area contributed by atoms with Crippen LogP contribution in [0.5, 0.6) is 5.75 Å². The summed E-state index contributed by atoms with van der Waals surface area (Å²) in [6.07, 6.45) is 5.96. The van der Waals surface area contributed by atoms with Crippen LogP contribution in [0.4, 0.5) is 0 Å². The van der Waals surface area contributed by atoms with Gasteiger partial charge in [0.15, 0.2) is 5.75 Å². The summed E-state index contributed by atoms with van der Waals surface area (Å²) in [5.41, 5.74) is 0.759. The van der Waals surface area contributed by atoms with Crippen molar-refractivity contribution in [2.75, 3.05) is 6.61 Å². The number of unbranched alkanes of at least 4 members (excludes halogenated alkanes) is 3. The summed E-state index contributed by atoms with van der Waals surface area (Å²) in [5.74, 6) is -0.754. The Morgan fingerprint density at radius 3 is 2.67 bits per heavy atom. The first-order chi connectivity index (χ1) is 10.2. The minimum absolute atomic E-state index is 0.0469. The first-order valence-corrected chi connectivity index (χ1v) is 7.23. The molecule has 0 spiro atoms. The topological polar surface area (TPSA) is 64.4 Å². The van der Waals surface area contributed by atoms with Crippen molar-refractivity contribution < 1.29 is 14.6 Å². The number of nitrogens with zero attached hydrogens (tertiary/aromatic N) is 2. The number of hydrogen-bond acceptors (Lipinski definition) is 3. The van der Waals surface area contributed by atoms with Crippen molar-refractivity contribution in [1.29, 1.82) is 0 Å². The highest BCUT2D eigenvalue weighted by Crippen LogP contribution is 2.20. The third-order valence-corrected chi connectivity index (χ3v) is 3.16. The number of hydrogen-bond donors (Lipinski definition) is 1. The zero-order valence-electron chi connectivity index (χ0n) is 12.2. The number of aromatic nitrogens is 2. The van der Waals surface area contributed by atoms with E-state index >= 15 is 0 Å². The van der Waals surface area contributed by atoms with Crippen molar-refractivity contribution in [3.8, 4) is 11.4 Å². The predicted octanol–water partition coefficient (Wildman–Crippen LogP) is 3.53. The molecule has 2 rings (SSSR count). The summed E-state index contributed by atoms with van der Waals surface area (Å²) < 4.78 is 7.12. The molecule has 21 heavy (non-hydrogen) atoms. The number of para-hydroxylation sites is 1. The second-order valence-electron chi connectivity index (χ2n) is 4.84. The van der Waals surface area contributed by atoms with E-state index in [0.717, 1.165) is 24.9 Å². The molecule has 1 N–H and O–H groups in total. The third-order valence-electron chi connectivity index (χ3n) is 3.16. The highest BCUT2D eigenvalue weighted by Gasteiger charge is 2.17. The maximum absolute atomic E-state index is 11.2. The van der Waals surface area contributed by atoms with E-state index in [1.165, 1.54) is 11.1 Å². The first-order valence-electron chi connectivity index (χ1n) is 7.23. The molecule has 5 nitrogen and oxygen atoms in total. The molecular formula is C16H20N2O3. The van der Waals surface area contributed by atoms with Crippen molar-refractivity contribution in [3.05, 3.63) is 42.2 Å². The van der Waals surface area contributed by atoms with E-state index in [2.05, 4.69) is 12.0 Å².